The Morgan fingerprint density at radius 3 is 1.93 bits per heavy atom. The number of nitrogens with zero attached hydrogens (tertiary/aromatic N) is 2. The van der Waals surface area contributed by atoms with Crippen LogP contribution in [0.15, 0.2) is 83.8 Å². The average molecular weight is 426 g/mol. The Balaban J connectivity index is 1.72. The van der Waals surface area contributed by atoms with E-state index in [-0.39, 0.29) is 10.8 Å². The first kappa shape index (κ1) is 21.5. The van der Waals surface area contributed by atoms with Gasteiger partial charge in [0.1, 0.15) is 11.5 Å². The first-order valence-electron chi connectivity index (χ1n) is 9.07. The second-order valence-corrected chi connectivity index (χ2v) is 8.33. The van der Waals surface area contributed by atoms with Gasteiger partial charge < -0.3 is 9.64 Å². The van der Waals surface area contributed by atoms with Crippen molar-refractivity contribution in [1.82, 2.24) is 4.47 Å². The molecule has 0 spiro atoms. The van der Waals surface area contributed by atoms with Crippen LogP contribution in [0.1, 0.15) is 10.4 Å². The molecule has 0 aliphatic heterocycles. The lowest BCUT2D eigenvalue weighted by atomic mass is 10.2. The van der Waals surface area contributed by atoms with Crippen molar-refractivity contribution < 1.29 is 22.8 Å². The molecule has 3 aromatic rings. The number of benzene rings is 3. The zero-order chi connectivity index (χ0) is 21.7. The predicted molar refractivity (Wildman–Crippen MR) is 114 cm³/mol. The summed E-state index contributed by atoms with van der Waals surface area (Å²) in [6.07, 6.45) is 0. The number of rotatable bonds is 7. The van der Waals surface area contributed by atoms with Crippen molar-refractivity contribution in [3.05, 3.63) is 84.4 Å². The summed E-state index contributed by atoms with van der Waals surface area (Å²) in [6, 6.07) is 22.2. The van der Waals surface area contributed by atoms with Crippen LogP contribution in [0.5, 0.6) is 11.5 Å². The van der Waals surface area contributed by atoms with Gasteiger partial charge in [-0.1, -0.05) is 22.7 Å². The molecule has 0 radical (unpaired) electrons. The van der Waals surface area contributed by atoms with E-state index in [0.717, 1.165) is 10.2 Å². The number of anilines is 1. The Labute approximate surface area is 176 Å². The second kappa shape index (κ2) is 9.08. The number of carbonyl (C=O) groups is 1. The second-order valence-electron chi connectivity index (χ2n) is 6.39. The van der Waals surface area contributed by atoms with Crippen LogP contribution in [-0.4, -0.2) is 40.0 Å². The number of hydrogen-bond donors (Lipinski definition) is 0. The summed E-state index contributed by atoms with van der Waals surface area (Å²) in [5.41, 5.74) is 1.04. The fourth-order valence-electron chi connectivity index (χ4n) is 2.69. The molecule has 156 valence electrons. The minimum atomic E-state index is -3.76. The van der Waals surface area contributed by atoms with E-state index in [9.17, 15) is 13.2 Å². The molecule has 0 N–H and O–H groups in total. The van der Waals surface area contributed by atoms with Crippen LogP contribution in [0.25, 0.3) is 0 Å². The van der Waals surface area contributed by atoms with Crippen molar-refractivity contribution in [3.63, 3.8) is 0 Å². The summed E-state index contributed by atoms with van der Waals surface area (Å²) in [5.74, 6) is 1.11. The van der Waals surface area contributed by atoms with Gasteiger partial charge in [-0.05, 0) is 60.7 Å². The first-order chi connectivity index (χ1) is 14.3. The van der Waals surface area contributed by atoms with Crippen molar-refractivity contribution >= 4 is 21.6 Å². The van der Waals surface area contributed by atoms with Crippen LogP contribution in [0.4, 0.5) is 5.69 Å². The molecule has 30 heavy (non-hydrogen) atoms. The maximum Gasteiger partial charge on any atom is 0.264 e. The van der Waals surface area contributed by atoms with Gasteiger partial charge in [0.25, 0.3) is 15.9 Å². The number of amides is 1. The van der Waals surface area contributed by atoms with Gasteiger partial charge >= 0.3 is 0 Å². The lowest BCUT2D eigenvalue weighted by Gasteiger charge is -2.18. The SMILES string of the molecule is CON(C)S(=O)(=O)c1ccc(C(=O)N(C)c2ccc(Oc3ccccc3)cc2)cc1. The molecule has 0 aliphatic carbocycles. The molecule has 0 bridgehead atoms. The average Bonchev–Trinajstić information content (AvgIpc) is 2.78. The van der Waals surface area contributed by atoms with E-state index in [1.807, 2.05) is 30.3 Å². The number of hydrogen-bond acceptors (Lipinski definition) is 5. The molecule has 0 saturated heterocycles. The molecule has 0 heterocycles. The summed E-state index contributed by atoms with van der Waals surface area (Å²) in [6.45, 7) is 0. The van der Waals surface area contributed by atoms with E-state index < -0.39 is 10.0 Å². The monoisotopic (exact) mass is 426 g/mol. The smallest absolute Gasteiger partial charge is 0.264 e. The highest BCUT2D eigenvalue weighted by Crippen LogP contribution is 2.25. The Bertz CT molecular complexity index is 1100. The zero-order valence-corrected chi connectivity index (χ0v) is 17.7. The third-order valence-electron chi connectivity index (χ3n) is 4.50. The van der Waals surface area contributed by atoms with Crippen LogP contribution in [0, 0.1) is 0 Å². The standard InChI is InChI=1S/C22H22N2O5S/c1-23(18-11-13-20(14-12-18)29-19-7-5-4-6-8-19)22(25)17-9-15-21(16-10-17)30(26,27)24(2)28-3/h4-16H,1-3H3. The maximum atomic E-state index is 12.8. The molecular formula is C22H22N2O5S. The van der Waals surface area contributed by atoms with Gasteiger partial charge in [-0.2, -0.15) is 0 Å². The highest BCUT2D eigenvalue weighted by molar-refractivity contribution is 7.89. The van der Waals surface area contributed by atoms with Crippen LogP contribution in [0.2, 0.25) is 0 Å². The van der Waals surface area contributed by atoms with E-state index in [0.29, 0.717) is 17.0 Å². The fraction of sp³-hybridized carbons (Fsp3) is 0.136. The van der Waals surface area contributed by atoms with E-state index in [1.54, 1.807) is 31.3 Å². The number of carbonyl (C=O) groups excluding carboxylic acids is 1. The minimum Gasteiger partial charge on any atom is -0.457 e. The van der Waals surface area contributed by atoms with Crippen molar-refractivity contribution in [1.29, 1.82) is 0 Å². The fourth-order valence-corrected chi connectivity index (χ4v) is 3.66. The van der Waals surface area contributed by atoms with Gasteiger partial charge in [0.2, 0.25) is 0 Å². The molecule has 0 aliphatic rings. The van der Waals surface area contributed by atoms with E-state index in [4.69, 9.17) is 9.57 Å². The lowest BCUT2D eigenvalue weighted by molar-refractivity contribution is -0.0258. The summed E-state index contributed by atoms with van der Waals surface area (Å²) >= 11 is 0. The summed E-state index contributed by atoms with van der Waals surface area (Å²) < 4.78 is 31.0. The van der Waals surface area contributed by atoms with E-state index in [2.05, 4.69) is 0 Å². The van der Waals surface area contributed by atoms with Crippen molar-refractivity contribution in [2.45, 2.75) is 4.90 Å². The topological polar surface area (TPSA) is 76.2 Å². The highest BCUT2D eigenvalue weighted by atomic mass is 32.2. The summed E-state index contributed by atoms with van der Waals surface area (Å²) in [4.78, 5) is 19.1. The molecule has 7 nitrogen and oxygen atoms in total. The van der Waals surface area contributed by atoms with Crippen molar-refractivity contribution in [2.24, 2.45) is 0 Å². The molecule has 0 saturated carbocycles. The number of hydroxylamine groups is 1. The van der Waals surface area contributed by atoms with E-state index >= 15 is 0 Å². The normalized spacial score (nSPS) is 11.3. The third-order valence-corrected chi connectivity index (χ3v) is 6.20. The van der Waals surface area contributed by atoms with Gasteiger partial charge in [-0.3, -0.25) is 9.63 Å². The zero-order valence-electron chi connectivity index (χ0n) is 16.8. The molecule has 0 unspecified atom stereocenters. The number of para-hydroxylation sites is 1. The Hall–Kier alpha value is -3.20. The Morgan fingerprint density at radius 1 is 0.800 bits per heavy atom. The van der Waals surface area contributed by atoms with E-state index in [1.165, 1.54) is 43.3 Å². The lowest BCUT2D eigenvalue weighted by Crippen LogP contribution is -2.27. The van der Waals surface area contributed by atoms with Gasteiger partial charge in [-0.15, -0.1) is 0 Å². The molecule has 0 fully saturated rings. The first-order valence-corrected chi connectivity index (χ1v) is 10.5. The summed E-state index contributed by atoms with van der Waals surface area (Å²) in [7, 11) is 0.453. The highest BCUT2D eigenvalue weighted by Gasteiger charge is 2.21. The largest absolute Gasteiger partial charge is 0.457 e. The van der Waals surface area contributed by atoms with Gasteiger partial charge in [-0.25, -0.2) is 8.42 Å². The molecule has 0 atom stereocenters. The van der Waals surface area contributed by atoms with Crippen LogP contribution >= 0.6 is 0 Å². The molecular weight excluding hydrogens is 404 g/mol. The number of ether oxygens (including phenoxy) is 1. The predicted octanol–water partition coefficient (Wildman–Crippen LogP) is 3.94. The molecule has 0 aromatic heterocycles. The third kappa shape index (κ3) is 4.68. The van der Waals surface area contributed by atoms with Crippen molar-refractivity contribution in [3.8, 4) is 11.5 Å². The van der Waals surface area contributed by atoms with Gasteiger partial charge in [0.15, 0.2) is 0 Å². The minimum absolute atomic E-state index is 0.0356. The van der Waals surface area contributed by atoms with Crippen molar-refractivity contribution in [2.75, 3.05) is 26.1 Å². The molecule has 8 heteroatoms. The molecule has 3 rings (SSSR count). The molecule has 3 aromatic carbocycles. The van der Waals surface area contributed by atoms with Crippen LogP contribution in [-0.2, 0) is 14.9 Å². The summed E-state index contributed by atoms with van der Waals surface area (Å²) in [5, 5.41) is 0. The molecule has 1 amide bonds. The van der Waals surface area contributed by atoms with Crippen LogP contribution < -0.4 is 9.64 Å². The van der Waals surface area contributed by atoms with Gasteiger partial charge in [0, 0.05) is 25.3 Å². The number of sulfonamides is 1. The van der Waals surface area contributed by atoms with Gasteiger partial charge in [0.05, 0.1) is 12.0 Å². The Kier molecular flexibility index (Phi) is 6.51. The Morgan fingerprint density at radius 2 is 1.37 bits per heavy atom. The quantitative estimate of drug-likeness (QED) is 0.535. The van der Waals surface area contributed by atoms with Crippen LogP contribution in [0.3, 0.4) is 0 Å². The maximum absolute atomic E-state index is 12.8.